The van der Waals surface area contributed by atoms with E-state index in [2.05, 4.69) is 10.2 Å². The van der Waals surface area contributed by atoms with Crippen molar-refractivity contribution >= 4 is 0 Å². The fourth-order valence-electron chi connectivity index (χ4n) is 4.00. The zero-order valence-corrected chi connectivity index (χ0v) is 12.6. The summed E-state index contributed by atoms with van der Waals surface area (Å²) in [6.07, 6.45) is 4.96. The van der Waals surface area contributed by atoms with Gasteiger partial charge in [-0.25, -0.2) is 8.78 Å². The summed E-state index contributed by atoms with van der Waals surface area (Å²) >= 11 is 0. The first-order valence-electron chi connectivity index (χ1n) is 8.09. The van der Waals surface area contributed by atoms with E-state index in [1.807, 2.05) is 6.92 Å². The lowest BCUT2D eigenvalue weighted by molar-refractivity contribution is 0.203. The molecule has 1 aliphatic carbocycles. The number of piperidine rings is 1. The van der Waals surface area contributed by atoms with Crippen LogP contribution in [0.15, 0.2) is 18.2 Å². The lowest BCUT2D eigenvalue weighted by Gasteiger charge is -2.29. The third kappa shape index (κ3) is 3.43. The monoisotopic (exact) mass is 294 g/mol. The molecule has 21 heavy (non-hydrogen) atoms. The van der Waals surface area contributed by atoms with Crippen LogP contribution < -0.4 is 5.32 Å². The van der Waals surface area contributed by atoms with Crippen molar-refractivity contribution in [1.82, 2.24) is 10.2 Å². The smallest absolute Gasteiger partial charge is 0.126 e. The Kier molecular flexibility index (Phi) is 4.55. The van der Waals surface area contributed by atoms with Crippen LogP contribution in [-0.2, 0) is 0 Å². The first-order valence-corrected chi connectivity index (χ1v) is 8.09. The maximum absolute atomic E-state index is 13.4. The minimum Gasteiger partial charge on any atom is -0.310 e. The van der Waals surface area contributed by atoms with Gasteiger partial charge in [0.05, 0.1) is 0 Å². The molecule has 0 amide bonds. The Morgan fingerprint density at radius 2 is 2.00 bits per heavy atom. The molecular weight excluding hydrogens is 270 g/mol. The van der Waals surface area contributed by atoms with Gasteiger partial charge in [0.1, 0.15) is 11.6 Å². The molecular formula is C17H24F2N2. The molecule has 1 N–H and O–H groups in total. The highest BCUT2D eigenvalue weighted by molar-refractivity contribution is 5.21. The average Bonchev–Trinajstić information content (AvgIpc) is 3.04. The number of hydrogen-bond acceptors (Lipinski definition) is 2. The molecule has 2 fully saturated rings. The Balaban J connectivity index is 1.64. The fourth-order valence-corrected chi connectivity index (χ4v) is 4.00. The molecule has 2 nitrogen and oxygen atoms in total. The van der Waals surface area contributed by atoms with Gasteiger partial charge in [-0.15, -0.1) is 0 Å². The Hall–Kier alpha value is -1.00. The van der Waals surface area contributed by atoms with Crippen LogP contribution >= 0.6 is 0 Å². The van der Waals surface area contributed by atoms with Crippen molar-refractivity contribution in [2.75, 3.05) is 19.6 Å². The maximum atomic E-state index is 13.4. The van der Waals surface area contributed by atoms with E-state index >= 15 is 0 Å². The van der Waals surface area contributed by atoms with Crippen molar-refractivity contribution < 1.29 is 8.78 Å². The second-order valence-electron chi connectivity index (χ2n) is 6.43. The molecule has 2 aliphatic rings. The molecule has 3 unspecified atom stereocenters. The number of halogens is 2. The summed E-state index contributed by atoms with van der Waals surface area (Å²) in [4.78, 5) is 2.56. The summed E-state index contributed by atoms with van der Waals surface area (Å²) in [5, 5.41) is 3.36. The van der Waals surface area contributed by atoms with Gasteiger partial charge in [-0.3, -0.25) is 0 Å². The summed E-state index contributed by atoms with van der Waals surface area (Å²) in [6, 6.07) is 4.62. The molecule has 3 atom stereocenters. The van der Waals surface area contributed by atoms with Crippen molar-refractivity contribution in [2.45, 2.75) is 44.7 Å². The molecule has 1 heterocycles. The van der Waals surface area contributed by atoms with Crippen LogP contribution in [0.2, 0.25) is 0 Å². The zero-order chi connectivity index (χ0) is 14.8. The number of rotatable bonds is 6. The van der Waals surface area contributed by atoms with E-state index in [0.29, 0.717) is 0 Å². The zero-order valence-electron chi connectivity index (χ0n) is 12.6. The standard InChI is InChI=1S/C17H24F2N2/c1-2-20-17(13-8-14(18)10-15(19)9-13)5-6-21-11-12-3-4-16(21)7-12/h8-10,12,16-17,20H,2-7,11H2,1H3. The van der Waals surface area contributed by atoms with Crippen LogP contribution in [0.5, 0.6) is 0 Å². The predicted molar refractivity (Wildman–Crippen MR) is 80.1 cm³/mol. The highest BCUT2D eigenvalue weighted by Gasteiger charge is 2.37. The van der Waals surface area contributed by atoms with Crippen LogP contribution in [0.1, 0.15) is 44.2 Å². The molecule has 0 radical (unpaired) electrons. The summed E-state index contributed by atoms with van der Waals surface area (Å²) in [5.74, 6) is -0.0968. The Morgan fingerprint density at radius 1 is 1.24 bits per heavy atom. The number of fused-ring (bicyclic) bond motifs is 2. The number of nitrogens with zero attached hydrogens (tertiary/aromatic N) is 1. The van der Waals surface area contributed by atoms with Gasteiger partial charge in [-0.1, -0.05) is 6.92 Å². The molecule has 0 spiro atoms. The number of benzene rings is 1. The fraction of sp³-hybridized carbons (Fsp3) is 0.647. The van der Waals surface area contributed by atoms with Crippen molar-refractivity contribution in [3.8, 4) is 0 Å². The highest BCUT2D eigenvalue weighted by Crippen LogP contribution is 2.37. The van der Waals surface area contributed by atoms with Crippen molar-refractivity contribution in [1.29, 1.82) is 0 Å². The molecule has 1 aliphatic heterocycles. The Bertz CT molecular complexity index is 471. The SMILES string of the molecule is CCNC(CCN1CC2CCC1C2)c1cc(F)cc(F)c1. The normalized spacial score (nSPS) is 26.4. The third-order valence-electron chi connectivity index (χ3n) is 4.97. The Morgan fingerprint density at radius 3 is 2.57 bits per heavy atom. The minimum absolute atomic E-state index is 0.0272. The maximum Gasteiger partial charge on any atom is 0.126 e. The first-order chi connectivity index (χ1) is 10.2. The molecule has 1 aromatic carbocycles. The van der Waals surface area contributed by atoms with Crippen LogP contribution in [0.4, 0.5) is 8.78 Å². The van der Waals surface area contributed by atoms with Crippen molar-refractivity contribution in [3.63, 3.8) is 0 Å². The largest absolute Gasteiger partial charge is 0.310 e. The summed E-state index contributed by atoms with van der Waals surface area (Å²) in [5.41, 5.74) is 0.721. The molecule has 0 aromatic heterocycles. The Labute approximate surface area is 125 Å². The first kappa shape index (κ1) is 14.9. The van der Waals surface area contributed by atoms with E-state index in [4.69, 9.17) is 0 Å². The third-order valence-corrected chi connectivity index (χ3v) is 4.97. The lowest BCUT2D eigenvalue weighted by Crippen LogP contribution is -2.35. The molecule has 2 bridgehead atoms. The summed E-state index contributed by atoms with van der Waals surface area (Å²) in [6.45, 7) is 5.05. The van der Waals surface area contributed by atoms with E-state index in [0.717, 1.165) is 43.1 Å². The quantitative estimate of drug-likeness (QED) is 0.864. The van der Waals surface area contributed by atoms with Crippen LogP contribution in [0, 0.1) is 17.6 Å². The van der Waals surface area contributed by atoms with E-state index in [1.54, 1.807) is 0 Å². The molecule has 116 valence electrons. The van der Waals surface area contributed by atoms with Crippen molar-refractivity contribution in [2.24, 2.45) is 5.92 Å². The number of nitrogens with one attached hydrogen (secondary N) is 1. The van der Waals surface area contributed by atoms with Crippen LogP contribution in [0.3, 0.4) is 0 Å². The molecule has 3 rings (SSSR count). The predicted octanol–water partition coefficient (Wildman–Crippen LogP) is 3.49. The average molecular weight is 294 g/mol. The van der Waals surface area contributed by atoms with Crippen molar-refractivity contribution in [3.05, 3.63) is 35.4 Å². The number of likely N-dealkylation sites (tertiary alicyclic amines) is 1. The molecule has 1 saturated carbocycles. The number of hydrogen-bond donors (Lipinski definition) is 1. The summed E-state index contributed by atoms with van der Waals surface area (Å²) < 4.78 is 26.8. The topological polar surface area (TPSA) is 15.3 Å². The van der Waals surface area contributed by atoms with E-state index in [9.17, 15) is 8.78 Å². The molecule has 1 aromatic rings. The summed E-state index contributed by atoms with van der Waals surface area (Å²) in [7, 11) is 0. The van der Waals surface area contributed by atoms with Gasteiger partial charge in [0, 0.05) is 31.2 Å². The van der Waals surface area contributed by atoms with Gasteiger partial charge < -0.3 is 10.2 Å². The highest BCUT2D eigenvalue weighted by atomic mass is 19.1. The minimum atomic E-state index is -0.492. The van der Waals surface area contributed by atoms with Gasteiger partial charge in [-0.05, 0) is 55.8 Å². The second-order valence-corrected chi connectivity index (χ2v) is 6.43. The lowest BCUT2D eigenvalue weighted by atomic mass is 10.0. The van der Waals surface area contributed by atoms with Crippen LogP contribution in [-0.4, -0.2) is 30.6 Å². The molecule has 4 heteroatoms. The van der Waals surface area contributed by atoms with E-state index in [1.165, 1.54) is 37.9 Å². The van der Waals surface area contributed by atoms with Crippen LogP contribution in [0.25, 0.3) is 0 Å². The van der Waals surface area contributed by atoms with Gasteiger partial charge in [0.2, 0.25) is 0 Å². The van der Waals surface area contributed by atoms with E-state index < -0.39 is 11.6 Å². The van der Waals surface area contributed by atoms with Gasteiger partial charge >= 0.3 is 0 Å². The van der Waals surface area contributed by atoms with Gasteiger partial charge in [-0.2, -0.15) is 0 Å². The molecule has 1 saturated heterocycles. The van der Waals surface area contributed by atoms with Gasteiger partial charge in [0.25, 0.3) is 0 Å². The van der Waals surface area contributed by atoms with E-state index in [-0.39, 0.29) is 6.04 Å². The van der Waals surface area contributed by atoms with Gasteiger partial charge in [0.15, 0.2) is 0 Å². The second kappa shape index (κ2) is 6.41.